The Labute approximate surface area is 84.2 Å². The van der Waals surface area contributed by atoms with E-state index in [2.05, 4.69) is 14.7 Å². The fourth-order valence-corrected chi connectivity index (χ4v) is 1.02. The first-order valence-corrected chi connectivity index (χ1v) is 4.03. The van der Waals surface area contributed by atoms with Crippen LogP contribution in [0, 0.1) is 0 Å². The Bertz CT molecular complexity index is 466. The highest BCUT2D eigenvalue weighted by molar-refractivity contribution is 5.60. The van der Waals surface area contributed by atoms with Crippen LogP contribution in [-0.2, 0) is 0 Å². The molecule has 1 N–H and O–H groups in total. The molecule has 0 fully saturated rings. The maximum absolute atomic E-state index is 10.2. The Morgan fingerprint density at radius 3 is 3.00 bits per heavy atom. The van der Waals surface area contributed by atoms with Gasteiger partial charge in [0.05, 0.1) is 6.20 Å². The highest BCUT2D eigenvalue weighted by Crippen LogP contribution is 2.22. The lowest BCUT2D eigenvalue weighted by Gasteiger charge is -1.93. The van der Waals surface area contributed by atoms with Crippen LogP contribution in [0.2, 0.25) is 0 Å². The third-order valence-electron chi connectivity index (χ3n) is 1.61. The van der Waals surface area contributed by atoms with Crippen molar-refractivity contribution >= 4 is 6.16 Å². The van der Waals surface area contributed by atoms with Gasteiger partial charge in [0.2, 0.25) is 0 Å². The van der Waals surface area contributed by atoms with Crippen molar-refractivity contribution in [2.24, 2.45) is 0 Å². The number of carbonyl (C=O) groups is 1. The summed E-state index contributed by atoms with van der Waals surface area (Å²) in [6.45, 7) is 0. The van der Waals surface area contributed by atoms with Crippen molar-refractivity contribution in [3.8, 4) is 17.4 Å². The molecule has 0 aliphatic carbocycles. The van der Waals surface area contributed by atoms with Gasteiger partial charge in [-0.25, -0.2) is 4.79 Å². The molecule has 0 unspecified atom stereocenters. The smallest absolute Gasteiger partial charge is 0.449 e. The summed E-state index contributed by atoms with van der Waals surface area (Å²) in [5.74, 6) is 0.402. The van der Waals surface area contributed by atoms with Crippen LogP contribution in [0.15, 0.2) is 35.1 Å². The predicted octanol–water partition coefficient (Wildman–Crippen LogP) is 1.79. The van der Waals surface area contributed by atoms with Crippen LogP contribution in [-0.4, -0.2) is 21.2 Å². The Morgan fingerprint density at radius 2 is 2.33 bits per heavy atom. The second-order valence-electron chi connectivity index (χ2n) is 2.60. The molecule has 0 radical (unpaired) electrons. The van der Waals surface area contributed by atoms with Crippen molar-refractivity contribution < 1.29 is 19.1 Å². The summed E-state index contributed by atoms with van der Waals surface area (Å²) in [6, 6.07) is 3.49. The summed E-state index contributed by atoms with van der Waals surface area (Å²) < 4.78 is 9.26. The van der Waals surface area contributed by atoms with Gasteiger partial charge in [-0.1, -0.05) is 0 Å². The van der Waals surface area contributed by atoms with E-state index in [1.54, 1.807) is 24.5 Å². The monoisotopic (exact) mass is 206 g/mol. The topological polar surface area (TPSA) is 85.5 Å². The summed E-state index contributed by atoms with van der Waals surface area (Å²) in [4.78, 5) is 17.7. The number of ether oxygens (including phenoxy) is 1. The fraction of sp³-hybridized carbons (Fsp3) is 0. The minimum atomic E-state index is -1.46. The lowest BCUT2D eigenvalue weighted by atomic mass is 10.2. The van der Waals surface area contributed by atoms with Gasteiger partial charge in [0, 0.05) is 18.0 Å². The molecule has 0 saturated carbocycles. The van der Waals surface area contributed by atoms with E-state index in [4.69, 9.17) is 9.52 Å². The number of aromatic nitrogens is 2. The maximum atomic E-state index is 10.2. The number of hydrogen-bond acceptors (Lipinski definition) is 5. The van der Waals surface area contributed by atoms with Crippen LogP contribution in [0.25, 0.3) is 11.3 Å². The summed E-state index contributed by atoms with van der Waals surface area (Å²) in [7, 11) is 0. The third-order valence-corrected chi connectivity index (χ3v) is 1.61. The van der Waals surface area contributed by atoms with Crippen molar-refractivity contribution in [1.82, 2.24) is 9.97 Å². The van der Waals surface area contributed by atoms with Gasteiger partial charge < -0.3 is 14.3 Å². The largest absolute Gasteiger partial charge is 0.514 e. The van der Waals surface area contributed by atoms with Crippen molar-refractivity contribution in [2.75, 3.05) is 0 Å². The summed E-state index contributed by atoms with van der Waals surface area (Å²) in [6.07, 6.45) is 2.80. The number of rotatable bonds is 2. The minimum Gasteiger partial charge on any atom is -0.449 e. The first-order chi connectivity index (χ1) is 7.25. The molecule has 2 rings (SSSR count). The molecule has 0 amide bonds. The minimum absolute atomic E-state index is 0.304. The molecular weight excluding hydrogens is 200 g/mol. The lowest BCUT2D eigenvalue weighted by Crippen LogP contribution is -2.02. The molecule has 0 bridgehead atoms. The third kappa shape index (κ3) is 2.11. The second-order valence-corrected chi connectivity index (χ2v) is 2.60. The van der Waals surface area contributed by atoms with E-state index < -0.39 is 6.16 Å². The second kappa shape index (κ2) is 3.79. The van der Waals surface area contributed by atoms with Crippen LogP contribution < -0.4 is 4.74 Å². The normalized spacial score (nSPS) is 9.87. The van der Waals surface area contributed by atoms with Crippen LogP contribution >= 0.6 is 0 Å². The van der Waals surface area contributed by atoms with Crippen molar-refractivity contribution in [3.63, 3.8) is 0 Å². The molecule has 15 heavy (non-hydrogen) atoms. The van der Waals surface area contributed by atoms with E-state index in [9.17, 15) is 4.79 Å². The first kappa shape index (κ1) is 9.20. The van der Waals surface area contributed by atoms with Gasteiger partial charge in [-0.15, -0.1) is 0 Å². The molecule has 6 heteroatoms. The molecule has 0 atom stereocenters. The van der Waals surface area contributed by atoms with Gasteiger partial charge >= 0.3 is 12.2 Å². The number of carboxylic acid groups (broad SMARTS) is 1. The highest BCUT2D eigenvalue weighted by Gasteiger charge is 2.10. The SMILES string of the molecule is O=C(O)Oc1ncc(-c2cccnc2)o1. The first-order valence-electron chi connectivity index (χ1n) is 4.03. The average molecular weight is 206 g/mol. The zero-order chi connectivity index (χ0) is 10.7. The number of pyridine rings is 1. The van der Waals surface area contributed by atoms with E-state index >= 15 is 0 Å². The molecule has 0 saturated heterocycles. The maximum Gasteiger partial charge on any atom is 0.514 e. The van der Waals surface area contributed by atoms with Gasteiger partial charge in [0.15, 0.2) is 5.76 Å². The molecule has 2 aromatic heterocycles. The molecular formula is C9H6N2O4. The molecule has 0 aliphatic heterocycles. The Kier molecular flexibility index (Phi) is 2.32. The van der Waals surface area contributed by atoms with Gasteiger partial charge in [-0.05, 0) is 12.1 Å². The van der Waals surface area contributed by atoms with Gasteiger partial charge in [0.1, 0.15) is 0 Å². The van der Waals surface area contributed by atoms with E-state index in [-0.39, 0.29) is 6.08 Å². The van der Waals surface area contributed by atoms with Gasteiger partial charge in [-0.2, -0.15) is 4.98 Å². The molecule has 2 heterocycles. The van der Waals surface area contributed by atoms with E-state index in [1.165, 1.54) is 6.20 Å². The zero-order valence-electron chi connectivity index (χ0n) is 7.45. The molecule has 0 aliphatic rings. The Balaban J connectivity index is 2.24. The van der Waals surface area contributed by atoms with E-state index in [0.717, 1.165) is 0 Å². The molecule has 76 valence electrons. The lowest BCUT2D eigenvalue weighted by molar-refractivity contribution is 0.130. The molecule has 6 nitrogen and oxygen atoms in total. The van der Waals surface area contributed by atoms with Gasteiger partial charge in [0.25, 0.3) is 0 Å². The van der Waals surface area contributed by atoms with Crippen LogP contribution in [0.1, 0.15) is 0 Å². The summed E-state index contributed by atoms with van der Waals surface area (Å²) in [5, 5.41) is 8.31. The highest BCUT2D eigenvalue weighted by atomic mass is 16.7. The standard InChI is InChI=1S/C9H6N2O4/c12-9(13)15-8-11-5-7(14-8)6-2-1-3-10-4-6/h1-5H,(H,12,13). The van der Waals surface area contributed by atoms with Crippen LogP contribution in [0.3, 0.4) is 0 Å². The quantitative estimate of drug-likeness (QED) is 0.754. The number of oxazole rings is 1. The molecule has 0 spiro atoms. The summed E-state index contributed by atoms with van der Waals surface area (Å²) in [5.41, 5.74) is 0.699. The molecule has 0 aromatic carbocycles. The van der Waals surface area contributed by atoms with Gasteiger partial charge in [-0.3, -0.25) is 4.98 Å². The van der Waals surface area contributed by atoms with E-state index in [1.807, 2.05) is 0 Å². The Morgan fingerprint density at radius 1 is 1.47 bits per heavy atom. The fourth-order valence-electron chi connectivity index (χ4n) is 1.02. The van der Waals surface area contributed by atoms with Crippen molar-refractivity contribution in [1.29, 1.82) is 0 Å². The number of nitrogens with zero attached hydrogens (tertiary/aromatic N) is 2. The van der Waals surface area contributed by atoms with Crippen molar-refractivity contribution in [3.05, 3.63) is 30.7 Å². The Hall–Kier alpha value is -2.37. The van der Waals surface area contributed by atoms with Crippen molar-refractivity contribution in [2.45, 2.75) is 0 Å². The van der Waals surface area contributed by atoms with Crippen LogP contribution in [0.4, 0.5) is 4.79 Å². The predicted molar refractivity (Wildman–Crippen MR) is 48.4 cm³/mol. The van der Waals surface area contributed by atoms with E-state index in [0.29, 0.717) is 11.3 Å². The number of hydrogen-bond donors (Lipinski definition) is 1. The average Bonchev–Trinajstić information content (AvgIpc) is 2.67. The molecule has 2 aromatic rings. The zero-order valence-corrected chi connectivity index (χ0v) is 7.45. The van der Waals surface area contributed by atoms with Crippen LogP contribution in [0.5, 0.6) is 6.08 Å². The summed E-state index contributed by atoms with van der Waals surface area (Å²) >= 11 is 0.